The molecule has 1 unspecified atom stereocenters. The Bertz CT molecular complexity index is 320. The van der Waals surface area contributed by atoms with Gasteiger partial charge in [0.05, 0.1) is 0 Å². The highest BCUT2D eigenvalue weighted by Gasteiger charge is 2.16. The number of hydrogen-bond acceptors (Lipinski definition) is 3. The first-order chi connectivity index (χ1) is 8.19. The molecule has 0 spiro atoms. The van der Waals surface area contributed by atoms with Crippen LogP contribution < -0.4 is 5.32 Å². The van der Waals surface area contributed by atoms with Gasteiger partial charge in [0.25, 0.3) is 0 Å². The molecular weight excluding hydrogens is 214 g/mol. The van der Waals surface area contributed by atoms with Crippen LogP contribution in [0.1, 0.15) is 49.3 Å². The molecule has 1 N–H and O–H groups in total. The molecule has 0 saturated heterocycles. The Balaban J connectivity index is 2.64. The van der Waals surface area contributed by atoms with Crippen LogP contribution in [0.5, 0.6) is 0 Å². The molecule has 17 heavy (non-hydrogen) atoms. The van der Waals surface area contributed by atoms with Gasteiger partial charge in [0.15, 0.2) is 0 Å². The second kappa shape index (κ2) is 7.51. The lowest BCUT2D eigenvalue weighted by atomic mass is 10.0. The summed E-state index contributed by atoms with van der Waals surface area (Å²) in [4.78, 5) is 0. The highest BCUT2D eigenvalue weighted by molar-refractivity contribution is 5.24. The fourth-order valence-corrected chi connectivity index (χ4v) is 2.11. The lowest BCUT2D eigenvalue weighted by Crippen LogP contribution is -2.22. The van der Waals surface area contributed by atoms with Gasteiger partial charge in [-0.05, 0) is 45.7 Å². The van der Waals surface area contributed by atoms with E-state index >= 15 is 0 Å². The van der Waals surface area contributed by atoms with Crippen molar-refractivity contribution in [3.8, 4) is 0 Å². The first-order valence-corrected chi connectivity index (χ1v) is 6.48. The zero-order valence-electron chi connectivity index (χ0n) is 11.5. The van der Waals surface area contributed by atoms with Crippen molar-refractivity contribution in [2.45, 2.75) is 46.1 Å². The van der Waals surface area contributed by atoms with Gasteiger partial charge in [-0.2, -0.15) is 0 Å². The topological polar surface area (TPSA) is 34.4 Å². The lowest BCUT2D eigenvalue weighted by molar-refractivity contribution is 0.188. The van der Waals surface area contributed by atoms with Crippen LogP contribution in [0.15, 0.2) is 10.5 Å². The third kappa shape index (κ3) is 4.52. The summed E-state index contributed by atoms with van der Waals surface area (Å²) in [6, 6.07) is 2.54. The van der Waals surface area contributed by atoms with Crippen molar-refractivity contribution in [2.75, 3.05) is 20.3 Å². The first kappa shape index (κ1) is 14.3. The number of rotatable bonds is 8. The lowest BCUT2D eigenvalue weighted by Gasteiger charge is -2.17. The zero-order valence-corrected chi connectivity index (χ0v) is 11.5. The van der Waals surface area contributed by atoms with E-state index in [-0.39, 0.29) is 0 Å². The molecule has 1 heterocycles. The molecule has 0 aliphatic rings. The van der Waals surface area contributed by atoms with E-state index in [0.717, 1.165) is 43.9 Å². The molecule has 1 atom stereocenters. The van der Waals surface area contributed by atoms with Gasteiger partial charge >= 0.3 is 0 Å². The number of furan rings is 1. The Kier molecular flexibility index (Phi) is 6.30. The van der Waals surface area contributed by atoms with E-state index in [0.29, 0.717) is 6.04 Å². The van der Waals surface area contributed by atoms with Gasteiger partial charge in [0.1, 0.15) is 11.5 Å². The van der Waals surface area contributed by atoms with Crippen molar-refractivity contribution < 1.29 is 9.15 Å². The van der Waals surface area contributed by atoms with Crippen LogP contribution in [0, 0.1) is 13.8 Å². The van der Waals surface area contributed by atoms with E-state index in [1.54, 1.807) is 7.11 Å². The van der Waals surface area contributed by atoms with E-state index < -0.39 is 0 Å². The maximum atomic E-state index is 5.61. The summed E-state index contributed by atoms with van der Waals surface area (Å²) in [6.45, 7) is 8.09. The first-order valence-electron chi connectivity index (χ1n) is 6.48. The normalized spacial score (nSPS) is 12.9. The van der Waals surface area contributed by atoms with Gasteiger partial charge in [-0.15, -0.1) is 0 Å². The van der Waals surface area contributed by atoms with E-state index in [1.807, 2.05) is 13.8 Å². The van der Waals surface area contributed by atoms with Gasteiger partial charge in [0, 0.05) is 25.3 Å². The zero-order chi connectivity index (χ0) is 12.7. The smallest absolute Gasteiger partial charge is 0.105 e. The molecule has 1 aromatic rings. The predicted molar refractivity (Wildman–Crippen MR) is 70.3 cm³/mol. The van der Waals surface area contributed by atoms with Gasteiger partial charge in [0.2, 0.25) is 0 Å². The van der Waals surface area contributed by atoms with Crippen LogP contribution in [0.2, 0.25) is 0 Å². The molecule has 0 aromatic carbocycles. The molecule has 0 aliphatic heterocycles. The molecular formula is C14H25NO2. The fourth-order valence-electron chi connectivity index (χ4n) is 2.11. The number of ether oxygens (including phenoxy) is 1. The minimum absolute atomic E-state index is 0.391. The summed E-state index contributed by atoms with van der Waals surface area (Å²) in [7, 11) is 1.75. The number of nitrogens with one attached hydrogen (secondary N) is 1. The number of methoxy groups -OCH3 is 1. The van der Waals surface area contributed by atoms with E-state index in [9.17, 15) is 0 Å². The molecule has 3 nitrogen and oxygen atoms in total. The molecule has 0 radical (unpaired) electrons. The molecule has 1 rings (SSSR count). The second-order valence-corrected chi connectivity index (χ2v) is 4.51. The second-order valence-electron chi connectivity index (χ2n) is 4.51. The molecule has 0 aliphatic carbocycles. The Labute approximate surface area is 105 Å². The third-order valence-electron chi connectivity index (χ3n) is 2.94. The third-order valence-corrected chi connectivity index (χ3v) is 2.94. The van der Waals surface area contributed by atoms with Crippen LogP contribution in [0.25, 0.3) is 0 Å². The van der Waals surface area contributed by atoms with Gasteiger partial charge < -0.3 is 14.5 Å². The summed E-state index contributed by atoms with van der Waals surface area (Å²) < 4.78 is 10.7. The molecule has 3 heteroatoms. The summed E-state index contributed by atoms with van der Waals surface area (Å²) in [5.74, 6) is 2.03. The molecule has 98 valence electrons. The van der Waals surface area contributed by atoms with E-state index in [4.69, 9.17) is 9.15 Å². The summed E-state index contributed by atoms with van der Waals surface area (Å²) in [5.41, 5.74) is 1.30. The predicted octanol–water partition coefficient (Wildman–Crippen LogP) is 3.36. The monoisotopic (exact) mass is 239 g/mol. The standard InChI is InChI=1S/C14H25NO2/c1-5-8-15-14(7-6-9-16-4)13-10-11(2)17-12(13)3/h10,14-15H,5-9H2,1-4H3. The molecule has 0 fully saturated rings. The van der Waals surface area contributed by atoms with E-state index in [1.165, 1.54) is 5.56 Å². The summed E-state index contributed by atoms with van der Waals surface area (Å²) in [5, 5.41) is 3.58. The van der Waals surface area contributed by atoms with Crippen molar-refractivity contribution in [1.82, 2.24) is 5.32 Å². The van der Waals surface area contributed by atoms with Gasteiger partial charge in [-0.1, -0.05) is 6.92 Å². The largest absolute Gasteiger partial charge is 0.466 e. The number of hydrogen-bond donors (Lipinski definition) is 1. The van der Waals surface area contributed by atoms with Crippen molar-refractivity contribution in [1.29, 1.82) is 0 Å². The van der Waals surface area contributed by atoms with Crippen molar-refractivity contribution in [3.63, 3.8) is 0 Å². The molecule has 0 bridgehead atoms. The average molecular weight is 239 g/mol. The van der Waals surface area contributed by atoms with Crippen molar-refractivity contribution >= 4 is 0 Å². The van der Waals surface area contributed by atoms with Crippen molar-refractivity contribution in [2.24, 2.45) is 0 Å². The minimum Gasteiger partial charge on any atom is -0.466 e. The van der Waals surface area contributed by atoms with Gasteiger partial charge in [-0.3, -0.25) is 0 Å². The number of aryl methyl sites for hydroxylation is 2. The minimum atomic E-state index is 0.391. The Morgan fingerprint density at radius 2 is 2.18 bits per heavy atom. The van der Waals surface area contributed by atoms with Crippen LogP contribution in [0.3, 0.4) is 0 Å². The van der Waals surface area contributed by atoms with Gasteiger partial charge in [-0.25, -0.2) is 0 Å². The molecule has 0 saturated carbocycles. The Morgan fingerprint density at radius 3 is 2.71 bits per heavy atom. The fraction of sp³-hybridized carbons (Fsp3) is 0.714. The van der Waals surface area contributed by atoms with E-state index in [2.05, 4.69) is 18.3 Å². The summed E-state index contributed by atoms with van der Waals surface area (Å²) >= 11 is 0. The van der Waals surface area contributed by atoms with Crippen molar-refractivity contribution in [3.05, 3.63) is 23.2 Å². The maximum absolute atomic E-state index is 5.61. The maximum Gasteiger partial charge on any atom is 0.105 e. The van der Waals surface area contributed by atoms with Crippen LogP contribution >= 0.6 is 0 Å². The van der Waals surface area contributed by atoms with Crippen LogP contribution in [-0.2, 0) is 4.74 Å². The highest BCUT2D eigenvalue weighted by atomic mass is 16.5. The molecule has 0 amide bonds. The Morgan fingerprint density at radius 1 is 1.41 bits per heavy atom. The highest BCUT2D eigenvalue weighted by Crippen LogP contribution is 2.25. The average Bonchev–Trinajstić information content (AvgIpc) is 2.63. The quantitative estimate of drug-likeness (QED) is 0.706. The molecule has 1 aromatic heterocycles. The van der Waals surface area contributed by atoms with Crippen LogP contribution in [-0.4, -0.2) is 20.3 Å². The summed E-state index contributed by atoms with van der Waals surface area (Å²) in [6.07, 6.45) is 3.31. The SMILES string of the molecule is CCCNC(CCCOC)c1cc(C)oc1C. The van der Waals surface area contributed by atoms with Crippen LogP contribution in [0.4, 0.5) is 0 Å². The Hall–Kier alpha value is -0.800.